The smallest absolute Gasteiger partial charge is 0.131 e. The molecule has 0 aromatic heterocycles. The Morgan fingerprint density at radius 3 is 2.36 bits per heavy atom. The molecule has 1 aromatic carbocycles. The van der Waals surface area contributed by atoms with Crippen molar-refractivity contribution in [2.75, 3.05) is 0 Å². The Kier molecular flexibility index (Phi) is 3.07. The maximum atomic E-state index is 9.25. The molecule has 60 valence electrons. The molecule has 0 saturated heterocycles. The SMILES string of the molecule is NSc1ccc(SN)c(O)c1. The van der Waals surface area contributed by atoms with Crippen LogP contribution in [0.15, 0.2) is 28.0 Å². The third kappa shape index (κ3) is 2.03. The van der Waals surface area contributed by atoms with E-state index < -0.39 is 0 Å². The van der Waals surface area contributed by atoms with Crippen LogP contribution >= 0.6 is 23.9 Å². The van der Waals surface area contributed by atoms with Crippen molar-refractivity contribution >= 4 is 23.9 Å². The second kappa shape index (κ2) is 3.87. The maximum absolute atomic E-state index is 9.25. The summed E-state index contributed by atoms with van der Waals surface area (Å²) in [6.45, 7) is 0. The van der Waals surface area contributed by atoms with Crippen LogP contribution in [0.4, 0.5) is 0 Å². The molecular weight excluding hydrogens is 180 g/mol. The summed E-state index contributed by atoms with van der Waals surface area (Å²) in [5, 5.41) is 19.8. The van der Waals surface area contributed by atoms with Crippen LogP contribution in [-0.2, 0) is 0 Å². The molecule has 1 aromatic rings. The van der Waals surface area contributed by atoms with Crippen LogP contribution in [0.5, 0.6) is 5.75 Å². The van der Waals surface area contributed by atoms with Gasteiger partial charge in [-0.25, -0.2) is 0 Å². The van der Waals surface area contributed by atoms with Crippen LogP contribution < -0.4 is 10.3 Å². The van der Waals surface area contributed by atoms with Crippen molar-refractivity contribution in [3.63, 3.8) is 0 Å². The van der Waals surface area contributed by atoms with E-state index in [-0.39, 0.29) is 5.75 Å². The molecule has 0 heterocycles. The minimum atomic E-state index is 0.174. The predicted octanol–water partition coefficient (Wildman–Crippen LogP) is 1.32. The first-order chi connectivity index (χ1) is 5.27. The summed E-state index contributed by atoms with van der Waals surface area (Å²) in [5.74, 6) is 0.174. The first-order valence-corrected chi connectivity index (χ1v) is 4.60. The van der Waals surface area contributed by atoms with Crippen LogP contribution in [-0.4, -0.2) is 5.11 Å². The van der Waals surface area contributed by atoms with Gasteiger partial charge in [-0.1, -0.05) is 0 Å². The molecule has 0 unspecified atom stereocenters. The van der Waals surface area contributed by atoms with Gasteiger partial charge in [0.15, 0.2) is 0 Å². The van der Waals surface area contributed by atoms with Crippen LogP contribution in [0, 0.1) is 0 Å². The number of rotatable bonds is 2. The summed E-state index contributed by atoms with van der Waals surface area (Å²) in [6, 6.07) is 5.12. The van der Waals surface area contributed by atoms with E-state index in [1.165, 1.54) is 0 Å². The van der Waals surface area contributed by atoms with Crippen molar-refractivity contribution in [3.8, 4) is 5.75 Å². The van der Waals surface area contributed by atoms with Gasteiger partial charge in [-0.3, -0.25) is 10.3 Å². The van der Waals surface area contributed by atoms with Crippen LogP contribution in [0.25, 0.3) is 0 Å². The number of benzene rings is 1. The first kappa shape index (κ1) is 8.73. The third-order valence-electron chi connectivity index (χ3n) is 1.19. The van der Waals surface area contributed by atoms with Crippen molar-refractivity contribution in [2.45, 2.75) is 9.79 Å². The highest BCUT2D eigenvalue weighted by molar-refractivity contribution is 7.97. The molecule has 0 atom stereocenters. The number of phenols is 1. The minimum absolute atomic E-state index is 0.174. The fourth-order valence-electron chi connectivity index (χ4n) is 0.670. The Labute approximate surface area is 73.4 Å². The number of phenolic OH excluding ortho intramolecular Hbond substituents is 1. The fourth-order valence-corrected chi connectivity index (χ4v) is 1.32. The van der Waals surface area contributed by atoms with E-state index in [2.05, 4.69) is 0 Å². The molecule has 0 bridgehead atoms. The molecule has 0 amide bonds. The van der Waals surface area contributed by atoms with E-state index in [4.69, 9.17) is 10.3 Å². The zero-order valence-corrected chi connectivity index (χ0v) is 7.28. The molecule has 0 aliphatic carbocycles. The monoisotopic (exact) mass is 188 g/mol. The highest BCUT2D eigenvalue weighted by Gasteiger charge is 2.00. The topological polar surface area (TPSA) is 72.3 Å². The van der Waals surface area contributed by atoms with E-state index >= 15 is 0 Å². The Hall–Kier alpha value is -0.360. The normalized spacial score (nSPS) is 10.0. The molecule has 1 rings (SSSR count). The number of nitrogens with two attached hydrogens (primary N) is 2. The van der Waals surface area contributed by atoms with Crippen LogP contribution in [0.1, 0.15) is 0 Å². The summed E-state index contributed by atoms with van der Waals surface area (Å²) in [6.07, 6.45) is 0. The predicted molar refractivity (Wildman–Crippen MR) is 48.2 cm³/mol. The lowest BCUT2D eigenvalue weighted by Gasteiger charge is -2.01. The lowest BCUT2D eigenvalue weighted by molar-refractivity contribution is 0.461. The lowest BCUT2D eigenvalue weighted by Crippen LogP contribution is -1.83. The molecule has 0 spiro atoms. The molecular formula is C6H8N2OS2. The van der Waals surface area contributed by atoms with Crippen molar-refractivity contribution in [1.29, 1.82) is 0 Å². The standard InChI is InChI=1S/C6H8N2OS2/c7-10-4-1-2-6(11-8)5(9)3-4/h1-3,9H,7-8H2. The number of hydrogen-bond acceptors (Lipinski definition) is 5. The van der Waals surface area contributed by atoms with E-state index in [0.717, 1.165) is 28.8 Å². The zero-order valence-electron chi connectivity index (χ0n) is 5.65. The van der Waals surface area contributed by atoms with Gasteiger partial charge in [-0.2, -0.15) is 0 Å². The molecule has 0 aliphatic heterocycles. The summed E-state index contributed by atoms with van der Waals surface area (Å²) < 4.78 is 0. The molecule has 5 heteroatoms. The molecule has 0 fully saturated rings. The van der Waals surface area contributed by atoms with Gasteiger partial charge < -0.3 is 5.11 Å². The summed E-state index contributed by atoms with van der Waals surface area (Å²) in [7, 11) is 0. The zero-order chi connectivity index (χ0) is 8.27. The van der Waals surface area contributed by atoms with Crippen molar-refractivity contribution < 1.29 is 5.11 Å². The highest BCUT2D eigenvalue weighted by atomic mass is 32.2. The first-order valence-electron chi connectivity index (χ1n) is 2.84. The second-order valence-corrected chi connectivity index (χ2v) is 3.25. The van der Waals surface area contributed by atoms with Crippen LogP contribution in [0.3, 0.4) is 0 Å². The van der Waals surface area contributed by atoms with Crippen molar-refractivity contribution in [2.24, 2.45) is 10.3 Å². The largest absolute Gasteiger partial charge is 0.507 e. The quantitative estimate of drug-likeness (QED) is 0.610. The average Bonchev–Trinajstić information content (AvgIpc) is 2.04. The summed E-state index contributed by atoms with van der Waals surface area (Å²) in [5.41, 5.74) is 0. The molecule has 0 saturated carbocycles. The second-order valence-electron chi connectivity index (χ2n) is 1.87. The Bertz CT molecular complexity index is 254. The Morgan fingerprint density at radius 2 is 1.91 bits per heavy atom. The van der Waals surface area contributed by atoms with Gasteiger partial charge >= 0.3 is 0 Å². The van der Waals surface area contributed by atoms with E-state index in [0.29, 0.717) is 4.90 Å². The van der Waals surface area contributed by atoms with Gasteiger partial charge in [-0.05, 0) is 42.1 Å². The number of hydrogen-bond donors (Lipinski definition) is 3. The highest BCUT2D eigenvalue weighted by Crippen LogP contribution is 2.28. The van der Waals surface area contributed by atoms with Gasteiger partial charge in [0.1, 0.15) is 5.75 Å². The van der Waals surface area contributed by atoms with Crippen molar-refractivity contribution in [3.05, 3.63) is 18.2 Å². The minimum Gasteiger partial charge on any atom is -0.507 e. The molecule has 0 aliphatic rings. The third-order valence-corrected chi connectivity index (χ3v) is 2.32. The Balaban J connectivity index is 2.99. The number of aromatic hydroxyl groups is 1. The summed E-state index contributed by atoms with van der Waals surface area (Å²) in [4.78, 5) is 1.48. The molecule has 11 heavy (non-hydrogen) atoms. The van der Waals surface area contributed by atoms with Gasteiger partial charge in [-0.15, -0.1) is 0 Å². The van der Waals surface area contributed by atoms with E-state index in [1.807, 2.05) is 0 Å². The maximum Gasteiger partial charge on any atom is 0.131 e. The van der Waals surface area contributed by atoms with Gasteiger partial charge in [0.25, 0.3) is 0 Å². The summed E-state index contributed by atoms with van der Waals surface area (Å²) >= 11 is 2.11. The van der Waals surface area contributed by atoms with E-state index in [1.54, 1.807) is 18.2 Å². The van der Waals surface area contributed by atoms with Gasteiger partial charge in [0.05, 0.1) is 4.90 Å². The molecule has 0 radical (unpaired) electrons. The van der Waals surface area contributed by atoms with Gasteiger partial charge in [0.2, 0.25) is 0 Å². The van der Waals surface area contributed by atoms with Gasteiger partial charge in [0, 0.05) is 4.90 Å². The fraction of sp³-hybridized carbons (Fsp3) is 0. The van der Waals surface area contributed by atoms with Crippen molar-refractivity contribution in [1.82, 2.24) is 0 Å². The molecule has 3 nitrogen and oxygen atoms in total. The average molecular weight is 188 g/mol. The van der Waals surface area contributed by atoms with E-state index in [9.17, 15) is 5.11 Å². The lowest BCUT2D eigenvalue weighted by atomic mass is 10.3. The molecule has 5 N–H and O–H groups in total. The Morgan fingerprint density at radius 1 is 1.18 bits per heavy atom. The van der Waals surface area contributed by atoms with Crippen LogP contribution in [0.2, 0.25) is 0 Å².